The van der Waals surface area contributed by atoms with E-state index in [2.05, 4.69) is 27.3 Å². The minimum atomic E-state index is -0.0409. The Kier molecular flexibility index (Phi) is 7.56. The second-order valence-corrected chi connectivity index (χ2v) is 9.37. The molecule has 0 aliphatic carbocycles. The first kappa shape index (κ1) is 21.8. The van der Waals surface area contributed by atoms with E-state index in [1.165, 1.54) is 28.8 Å². The van der Waals surface area contributed by atoms with Crippen molar-refractivity contribution >= 4 is 35.1 Å². The van der Waals surface area contributed by atoms with Crippen LogP contribution in [0.15, 0.2) is 66.1 Å². The summed E-state index contributed by atoms with van der Waals surface area (Å²) in [5.74, 6) is 3.44. The van der Waals surface area contributed by atoms with Gasteiger partial charge in [0.1, 0.15) is 5.75 Å². The summed E-state index contributed by atoms with van der Waals surface area (Å²) < 4.78 is 7.18. The Morgan fingerprint density at radius 1 is 1.19 bits per heavy atom. The zero-order valence-corrected chi connectivity index (χ0v) is 19.1. The van der Waals surface area contributed by atoms with Crippen molar-refractivity contribution in [2.45, 2.75) is 11.7 Å². The standard InChI is InChI=1S/C23H26N4O2S2/c1-29-21-7-5-20(6-8-21)27-10-9-24-23(27)31-17-22(28)25-19-4-2-3-18(15-19)16-26-11-13-30-14-12-26/h2-10,15H,11-14,16-17H2,1H3,(H,25,28). The number of amides is 1. The molecule has 3 aromatic rings. The van der Waals surface area contributed by atoms with Crippen molar-refractivity contribution in [2.75, 3.05) is 42.8 Å². The number of nitrogens with zero attached hydrogens (tertiary/aromatic N) is 3. The molecule has 1 fully saturated rings. The fourth-order valence-corrected chi connectivity index (χ4v) is 5.18. The summed E-state index contributed by atoms with van der Waals surface area (Å²) in [4.78, 5) is 19.4. The Bertz CT molecular complexity index is 1000. The number of thioether (sulfide) groups is 2. The van der Waals surface area contributed by atoms with E-state index in [0.29, 0.717) is 5.75 Å². The van der Waals surface area contributed by atoms with Crippen molar-refractivity contribution in [3.8, 4) is 11.4 Å². The summed E-state index contributed by atoms with van der Waals surface area (Å²) in [6, 6.07) is 15.9. The Hall–Kier alpha value is -2.42. The summed E-state index contributed by atoms with van der Waals surface area (Å²) in [6.07, 6.45) is 3.64. The van der Waals surface area contributed by atoms with Crippen LogP contribution in [-0.4, -0.2) is 57.8 Å². The number of imidazole rings is 1. The second kappa shape index (κ2) is 10.7. The van der Waals surface area contributed by atoms with Crippen LogP contribution in [0.2, 0.25) is 0 Å². The summed E-state index contributed by atoms with van der Waals surface area (Å²) in [6.45, 7) is 3.18. The highest BCUT2D eigenvalue weighted by atomic mass is 32.2. The lowest BCUT2D eigenvalue weighted by atomic mass is 10.2. The number of nitrogens with one attached hydrogen (secondary N) is 1. The molecule has 2 aromatic carbocycles. The summed E-state index contributed by atoms with van der Waals surface area (Å²) in [5, 5.41) is 3.80. The average molecular weight is 455 g/mol. The molecule has 1 amide bonds. The molecular formula is C23H26N4O2S2. The molecule has 0 spiro atoms. The maximum Gasteiger partial charge on any atom is 0.234 e. The van der Waals surface area contributed by atoms with Crippen LogP contribution in [0.25, 0.3) is 5.69 Å². The number of benzene rings is 2. The Morgan fingerprint density at radius 3 is 2.77 bits per heavy atom. The summed E-state index contributed by atoms with van der Waals surface area (Å²) in [5.41, 5.74) is 3.05. The number of carbonyl (C=O) groups excluding carboxylic acids is 1. The van der Waals surface area contributed by atoms with E-state index in [4.69, 9.17) is 4.74 Å². The highest BCUT2D eigenvalue weighted by molar-refractivity contribution is 7.99. The molecular weight excluding hydrogens is 428 g/mol. The highest BCUT2D eigenvalue weighted by Gasteiger charge is 2.12. The number of ether oxygens (including phenoxy) is 1. The molecule has 31 heavy (non-hydrogen) atoms. The van der Waals surface area contributed by atoms with Crippen LogP contribution in [0.5, 0.6) is 5.75 Å². The van der Waals surface area contributed by atoms with Gasteiger partial charge in [-0.15, -0.1) is 0 Å². The molecule has 4 rings (SSSR count). The maximum absolute atomic E-state index is 12.5. The number of aromatic nitrogens is 2. The lowest BCUT2D eigenvalue weighted by Gasteiger charge is -2.26. The molecule has 162 valence electrons. The maximum atomic E-state index is 12.5. The molecule has 1 aliphatic rings. The third kappa shape index (κ3) is 6.06. The van der Waals surface area contributed by atoms with Crippen LogP contribution < -0.4 is 10.1 Å². The monoisotopic (exact) mass is 454 g/mol. The largest absolute Gasteiger partial charge is 0.497 e. The van der Waals surface area contributed by atoms with Gasteiger partial charge in [0.05, 0.1) is 12.9 Å². The highest BCUT2D eigenvalue weighted by Crippen LogP contribution is 2.23. The SMILES string of the molecule is COc1ccc(-n2ccnc2SCC(=O)Nc2cccc(CN3CCSCC3)c2)cc1. The van der Waals surface area contributed by atoms with Crippen molar-refractivity contribution < 1.29 is 9.53 Å². The van der Waals surface area contributed by atoms with Gasteiger partial charge in [-0.2, -0.15) is 11.8 Å². The smallest absolute Gasteiger partial charge is 0.234 e. The fraction of sp³-hybridized carbons (Fsp3) is 0.304. The van der Waals surface area contributed by atoms with Crippen molar-refractivity contribution in [3.05, 3.63) is 66.5 Å². The van der Waals surface area contributed by atoms with E-state index < -0.39 is 0 Å². The van der Waals surface area contributed by atoms with E-state index in [0.717, 1.165) is 41.9 Å². The van der Waals surface area contributed by atoms with Gasteiger partial charge in [-0.1, -0.05) is 23.9 Å². The molecule has 1 saturated heterocycles. The van der Waals surface area contributed by atoms with Crippen molar-refractivity contribution in [1.29, 1.82) is 0 Å². The molecule has 1 aromatic heterocycles. The van der Waals surface area contributed by atoms with E-state index in [9.17, 15) is 4.79 Å². The molecule has 1 N–H and O–H groups in total. The first-order valence-corrected chi connectivity index (χ1v) is 12.3. The second-order valence-electron chi connectivity index (χ2n) is 7.20. The molecule has 0 bridgehead atoms. The van der Waals surface area contributed by atoms with Crippen LogP contribution in [0, 0.1) is 0 Å². The van der Waals surface area contributed by atoms with Gasteiger partial charge in [0.25, 0.3) is 0 Å². The predicted octanol–water partition coefficient (Wildman–Crippen LogP) is 4.16. The quantitative estimate of drug-likeness (QED) is 0.516. The number of carbonyl (C=O) groups is 1. The molecule has 1 aliphatic heterocycles. The molecule has 8 heteroatoms. The Labute approximate surface area is 191 Å². The minimum absolute atomic E-state index is 0.0409. The van der Waals surface area contributed by atoms with Gasteiger partial charge in [0.15, 0.2) is 5.16 Å². The van der Waals surface area contributed by atoms with Crippen molar-refractivity contribution in [3.63, 3.8) is 0 Å². The van der Waals surface area contributed by atoms with Crippen LogP contribution in [0.1, 0.15) is 5.56 Å². The molecule has 2 heterocycles. The molecule has 0 radical (unpaired) electrons. The Morgan fingerprint density at radius 2 is 2.00 bits per heavy atom. The molecule has 6 nitrogen and oxygen atoms in total. The van der Waals surface area contributed by atoms with Gasteiger partial charge in [0, 0.05) is 54.9 Å². The summed E-state index contributed by atoms with van der Waals surface area (Å²) >= 11 is 3.43. The fourth-order valence-electron chi connectivity index (χ4n) is 3.43. The van der Waals surface area contributed by atoms with E-state index >= 15 is 0 Å². The normalized spacial score (nSPS) is 14.4. The van der Waals surface area contributed by atoms with Crippen LogP contribution in [0.4, 0.5) is 5.69 Å². The minimum Gasteiger partial charge on any atom is -0.497 e. The van der Waals surface area contributed by atoms with Gasteiger partial charge in [-0.3, -0.25) is 14.3 Å². The number of anilines is 1. The average Bonchev–Trinajstić information content (AvgIpc) is 3.27. The molecule has 0 saturated carbocycles. The summed E-state index contributed by atoms with van der Waals surface area (Å²) in [7, 11) is 1.65. The Balaban J connectivity index is 1.33. The van der Waals surface area contributed by atoms with E-state index in [1.807, 2.05) is 58.9 Å². The zero-order chi connectivity index (χ0) is 21.5. The van der Waals surface area contributed by atoms with Crippen molar-refractivity contribution in [2.24, 2.45) is 0 Å². The topological polar surface area (TPSA) is 59.4 Å². The zero-order valence-electron chi connectivity index (χ0n) is 17.5. The molecule has 0 unspecified atom stereocenters. The number of hydrogen-bond acceptors (Lipinski definition) is 6. The lowest BCUT2D eigenvalue weighted by molar-refractivity contribution is -0.113. The van der Waals surface area contributed by atoms with E-state index in [1.54, 1.807) is 13.3 Å². The van der Waals surface area contributed by atoms with E-state index in [-0.39, 0.29) is 5.91 Å². The number of hydrogen-bond donors (Lipinski definition) is 1. The van der Waals surface area contributed by atoms with Gasteiger partial charge in [-0.25, -0.2) is 4.98 Å². The first-order valence-electron chi connectivity index (χ1n) is 10.2. The molecule has 0 atom stereocenters. The third-order valence-electron chi connectivity index (χ3n) is 5.01. The van der Waals surface area contributed by atoms with Gasteiger partial charge in [-0.05, 0) is 42.0 Å². The number of rotatable bonds is 8. The van der Waals surface area contributed by atoms with Gasteiger partial charge < -0.3 is 10.1 Å². The van der Waals surface area contributed by atoms with Crippen molar-refractivity contribution in [1.82, 2.24) is 14.5 Å². The van der Waals surface area contributed by atoms with Crippen LogP contribution >= 0.6 is 23.5 Å². The van der Waals surface area contributed by atoms with Crippen LogP contribution in [-0.2, 0) is 11.3 Å². The lowest BCUT2D eigenvalue weighted by Crippen LogP contribution is -2.31. The van der Waals surface area contributed by atoms with Gasteiger partial charge >= 0.3 is 0 Å². The van der Waals surface area contributed by atoms with Gasteiger partial charge in [0.2, 0.25) is 5.91 Å². The predicted molar refractivity (Wildman–Crippen MR) is 129 cm³/mol. The third-order valence-corrected chi connectivity index (χ3v) is 6.92. The first-order chi connectivity index (χ1) is 15.2. The van der Waals surface area contributed by atoms with Crippen LogP contribution in [0.3, 0.4) is 0 Å². The number of methoxy groups -OCH3 is 1.